The van der Waals surface area contributed by atoms with Gasteiger partial charge in [0.05, 0.1) is 20.3 Å². The van der Waals surface area contributed by atoms with Gasteiger partial charge in [0, 0.05) is 38.0 Å². The van der Waals surface area contributed by atoms with Gasteiger partial charge in [0.15, 0.2) is 0 Å². The summed E-state index contributed by atoms with van der Waals surface area (Å²) in [7, 11) is -0.664. The SMILES string of the molecule is COc1ccccc1-c1ccc2c(c1)O[C@H](CN(C)C(C)=O)[C@H](C)CN([C@@H](C)CO)S2(=O)=O. The zero-order valence-electron chi connectivity index (χ0n) is 19.7. The van der Waals surface area contributed by atoms with Crippen LogP contribution in [0.15, 0.2) is 47.4 Å². The molecule has 3 rings (SSSR count). The van der Waals surface area contributed by atoms with E-state index >= 15 is 0 Å². The van der Waals surface area contributed by atoms with Crippen LogP contribution in [0.3, 0.4) is 0 Å². The number of ether oxygens (including phenoxy) is 2. The predicted octanol–water partition coefficient (Wildman–Crippen LogP) is 2.61. The van der Waals surface area contributed by atoms with Gasteiger partial charge in [-0.3, -0.25) is 4.79 Å². The number of nitrogens with zero attached hydrogens (tertiary/aromatic N) is 2. The summed E-state index contributed by atoms with van der Waals surface area (Å²) in [6.07, 6.45) is -0.450. The van der Waals surface area contributed by atoms with Gasteiger partial charge in [-0.05, 0) is 30.7 Å². The molecule has 2 aromatic rings. The van der Waals surface area contributed by atoms with Gasteiger partial charge in [-0.1, -0.05) is 31.2 Å². The number of carbonyl (C=O) groups is 1. The molecule has 8 nitrogen and oxygen atoms in total. The first-order valence-electron chi connectivity index (χ1n) is 10.9. The Morgan fingerprint density at radius 3 is 2.64 bits per heavy atom. The average molecular weight is 477 g/mol. The lowest BCUT2D eigenvalue weighted by molar-refractivity contribution is -0.129. The summed E-state index contributed by atoms with van der Waals surface area (Å²) in [6.45, 7) is 5.20. The molecule has 2 aromatic carbocycles. The van der Waals surface area contributed by atoms with E-state index in [0.717, 1.165) is 11.1 Å². The standard InChI is InChI=1S/C24H32N2O6S/c1-16-13-26(17(2)15-27)33(29,30)24-11-10-19(20-8-6-7-9-21(20)31-5)12-22(24)32-23(16)14-25(4)18(3)28/h6-12,16-17,23,27H,13-15H2,1-5H3/t16-,17+,23-/m1/s1. The average Bonchev–Trinajstić information content (AvgIpc) is 2.80. The minimum absolute atomic E-state index is 0.0313. The molecule has 1 aliphatic heterocycles. The molecule has 0 bridgehead atoms. The number of sulfonamides is 1. The second-order valence-corrected chi connectivity index (χ2v) is 10.4. The molecule has 33 heavy (non-hydrogen) atoms. The molecule has 1 heterocycles. The molecular formula is C24H32N2O6S. The summed E-state index contributed by atoms with van der Waals surface area (Å²) < 4.78 is 40.2. The van der Waals surface area contributed by atoms with Gasteiger partial charge in [0.1, 0.15) is 22.5 Å². The van der Waals surface area contributed by atoms with Crippen molar-refractivity contribution in [1.29, 1.82) is 0 Å². The van der Waals surface area contributed by atoms with E-state index in [9.17, 15) is 18.3 Å². The van der Waals surface area contributed by atoms with Crippen molar-refractivity contribution in [2.24, 2.45) is 5.92 Å². The van der Waals surface area contributed by atoms with E-state index in [4.69, 9.17) is 9.47 Å². The third-order valence-electron chi connectivity index (χ3n) is 6.08. The number of rotatable bonds is 6. The highest BCUT2D eigenvalue weighted by Crippen LogP contribution is 2.38. The fourth-order valence-corrected chi connectivity index (χ4v) is 5.72. The van der Waals surface area contributed by atoms with Crippen LogP contribution in [-0.2, 0) is 14.8 Å². The highest BCUT2D eigenvalue weighted by atomic mass is 32.2. The van der Waals surface area contributed by atoms with E-state index in [2.05, 4.69) is 0 Å². The maximum absolute atomic E-state index is 13.6. The van der Waals surface area contributed by atoms with Crippen LogP contribution >= 0.6 is 0 Å². The third-order valence-corrected chi connectivity index (χ3v) is 8.10. The summed E-state index contributed by atoms with van der Waals surface area (Å²) >= 11 is 0. The van der Waals surface area contributed by atoms with E-state index in [-0.39, 0.29) is 35.6 Å². The molecule has 0 unspecified atom stereocenters. The number of methoxy groups -OCH3 is 1. The third kappa shape index (κ3) is 5.15. The molecule has 1 N–H and O–H groups in total. The molecular weight excluding hydrogens is 444 g/mol. The van der Waals surface area contributed by atoms with Crippen molar-refractivity contribution >= 4 is 15.9 Å². The molecule has 0 saturated heterocycles. The second-order valence-electron chi connectivity index (χ2n) is 8.50. The predicted molar refractivity (Wildman–Crippen MR) is 126 cm³/mol. The number of fused-ring (bicyclic) bond motifs is 1. The van der Waals surface area contributed by atoms with Crippen molar-refractivity contribution in [1.82, 2.24) is 9.21 Å². The van der Waals surface area contributed by atoms with Crippen molar-refractivity contribution < 1.29 is 27.8 Å². The van der Waals surface area contributed by atoms with Gasteiger partial charge in [-0.15, -0.1) is 0 Å². The number of para-hydroxylation sites is 1. The summed E-state index contributed by atoms with van der Waals surface area (Å²) in [4.78, 5) is 13.5. The molecule has 0 spiro atoms. The van der Waals surface area contributed by atoms with Crippen molar-refractivity contribution in [3.05, 3.63) is 42.5 Å². The fourth-order valence-electron chi connectivity index (χ4n) is 3.89. The first-order chi connectivity index (χ1) is 15.6. The lowest BCUT2D eigenvalue weighted by Crippen LogP contribution is -2.50. The molecule has 0 radical (unpaired) electrons. The largest absolute Gasteiger partial charge is 0.496 e. The van der Waals surface area contributed by atoms with Gasteiger partial charge >= 0.3 is 0 Å². The van der Waals surface area contributed by atoms with Crippen molar-refractivity contribution in [3.63, 3.8) is 0 Å². The van der Waals surface area contributed by atoms with Gasteiger partial charge in [0.2, 0.25) is 15.9 Å². The molecule has 0 aromatic heterocycles. The van der Waals surface area contributed by atoms with Crippen molar-refractivity contribution in [2.45, 2.75) is 37.8 Å². The molecule has 0 saturated carbocycles. The van der Waals surface area contributed by atoms with Crippen molar-refractivity contribution in [2.75, 3.05) is 33.9 Å². The number of aliphatic hydroxyl groups excluding tert-OH is 1. The maximum atomic E-state index is 13.6. The van der Waals surface area contributed by atoms with Gasteiger partial charge in [0.25, 0.3) is 0 Å². The Labute approximate surface area is 195 Å². The van der Waals surface area contributed by atoms with Crippen LogP contribution < -0.4 is 9.47 Å². The number of aliphatic hydroxyl groups is 1. The summed E-state index contributed by atoms with van der Waals surface area (Å²) in [5, 5.41) is 9.75. The Bertz CT molecular complexity index is 1100. The number of hydrogen-bond acceptors (Lipinski definition) is 6. The fraction of sp³-hybridized carbons (Fsp3) is 0.458. The first kappa shape index (κ1) is 25.0. The van der Waals surface area contributed by atoms with E-state index in [1.54, 1.807) is 38.1 Å². The highest BCUT2D eigenvalue weighted by Gasteiger charge is 2.38. The van der Waals surface area contributed by atoms with E-state index in [1.165, 1.54) is 17.3 Å². The Hall–Kier alpha value is -2.62. The Balaban J connectivity index is 2.17. The number of benzene rings is 2. The van der Waals surface area contributed by atoms with Crippen LogP contribution in [0.4, 0.5) is 0 Å². The Morgan fingerprint density at radius 2 is 2.00 bits per heavy atom. The molecule has 180 valence electrons. The van der Waals surface area contributed by atoms with Crippen LogP contribution in [0, 0.1) is 5.92 Å². The zero-order chi connectivity index (χ0) is 24.3. The van der Waals surface area contributed by atoms with Crippen molar-refractivity contribution in [3.8, 4) is 22.6 Å². The number of carbonyl (C=O) groups excluding carboxylic acids is 1. The molecule has 3 atom stereocenters. The summed E-state index contributed by atoms with van der Waals surface area (Å²) in [5.41, 5.74) is 1.55. The van der Waals surface area contributed by atoms with Gasteiger partial charge < -0.3 is 19.5 Å². The minimum atomic E-state index is -3.93. The number of likely N-dealkylation sites (N-methyl/N-ethyl adjacent to an activating group) is 1. The molecule has 1 amide bonds. The Morgan fingerprint density at radius 1 is 1.30 bits per heavy atom. The van der Waals surface area contributed by atoms with Gasteiger partial charge in [-0.2, -0.15) is 4.31 Å². The summed E-state index contributed by atoms with van der Waals surface area (Å²) in [6, 6.07) is 11.8. The first-order valence-corrected chi connectivity index (χ1v) is 12.3. The summed E-state index contributed by atoms with van der Waals surface area (Å²) in [5.74, 6) is 0.521. The van der Waals surface area contributed by atoms with Crippen LogP contribution in [0.5, 0.6) is 11.5 Å². The maximum Gasteiger partial charge on any atom is 0.247 e. The topological polar surface area (TPSA) is 96.4 Å². The van der Waals surface area contributed by atoms with Gasteiger partial charge in [-0.25, -0.2) is 8.42 Å². The monoisotopic (exact) mass is 476 g/mol. The van der Waals surface area contributed by atoms with Crippen LogP contribution in [0.2, 0.25) is 0 Å². The quantitative estimate of drug-likeness (QED) is 0.689. The Kier molecular flexibility index (Phi) is 7.66. The van der Waals surface area contributed by atoms with E-state index < -0.39 is 22.2 Å². The zero-order valence-corrected chi connectivity index (χ0v) is 20.5. The molecule has 0 aliphatic carbocycles. The highest BCUT2D eigenvalue weighted by molar-refractivity contribution is 7.89. The normalized spacial score (nSPS) is 21.2. The minimum Gasteiger partial charge on any atom is -0.496 e. The molecule has 0 fully saturated rings. The smallest absolute Gasteiger partial charge is 0.247 e. The molecule has 9 heteroatoms. The second kappa shape index (κ2) is 10.1. The lowest BCUT2D eigenvalue weighted by Gasteiger charge is -2.37. The van der Waals surface area contributed by atoms with Crippen LogP contribution in [0.25, 0.3) is 11.1 Å². The number of hydrogen-bond donors (Lipinski definition) is 1. The molecule has 1 aliphatic rings. The lowest BCUT2D eigenvalue weighted by atomic mass is 10.0. The number of amides is 1. The van der Waals surface area contributed by atoms with E-state index in [0.29, 0.717) is 12.3 Å². The van der Waals surface area contributed by atoms with Crippen LogP contribution in [-0.4, -0.2) is 74.6 Å². The van der Waals surface area contributed by atoms with Crippen LogP contribution in [0.1, 0.15) is 20.8 Å². The van der Waals surface area contributed by atoms with E-state index in [1.807, 2.05) is 31.2 Å².